The van der Waals surface area contributed by atoms with Gasteiger partial charge in [0, 0.05) is 0 Å². The number of nitrogens with one attached hydrogen (secondary N) is 1. The van der Waals surface area contributed by atoms with E-state index < -0.39 is 40.3 Å². The number of amides is 1. The minimum atomic E-state index is -4.64. The van der Waals surface area contributed by atoms with Gasteiger partial charge < -0.3 is 10.1 Å². The van der Waals surface area contributed by atoms with E-state index in [2.05, 4.69) is 5.32 Å². The first-order valence-electron chi connectivity index (χ1n) is 9.04. The summed E-state index contributed by atoms with van der Waals surface area (Å²) >= 11 is 0. The highest BCUT2D eigenvalue weighted by Gasteiger charge is 2.32. The van der Waals surface area contributed by atoms with E-state index in [9.17, 15) is 26.4 Å². The van der Waals surface area contributed by atoms with Gasteiger partial charge in [-0.25, -0.2) is 8.42 Å². The fourth-order valence-electron chi connectivity index (χ4n) is 2.87. The molecule has 0 fully saturated rings. The van der Waals surface area contributed by atoms with E-state index in [-0.39, 0.29) is 5.69 Å². The van der Waals surface area contributed by atoms with E-state index in [1.54, 1.807) is 24.3 Å². The van der Waals surface area contributed by atoms with Crippen LogP contribution < -0.4 is 14.4 Å². The van der Waals surface area contributed by atoms with Gasteiger partial charge in [0.25, 0.3) is 0 Å². The van der Waals surface area contributed by atoms with Crippen molar-refractivity contribution in [1.29, 1.82) is 0 Å². The van der Waals surface area contributed by atoms with Crippen LogP contribution in [-0.4, -0.2) is 34.2 Å². The maximum absolute atomic E-state index is 13.0. The van der Waals surface area contributed by atoms with E-state index in [0.717, 1.165) is 24.0 Å². The Kier molecular flexibility index (Phi) is 7.35. The molecule has 0 aliphatic carbocycles. The zero-order chi connectivity index (χ0) is 22.5. The van der Waals surface area contributed by atoms with E-state index in [1.165, 1.54) is 13.2 Å². The molecular formula is C20H23F3N2O4S. The number of ether oxygens (including phenoxy) is 1. The smallest absolute Gasteiger partial charge is 0.416 e. The van der Waals surface area contributed by atoms with Crippen molar-refractivity contribution in [3.05, 3.63) is 59.7 Å². The van der Waals surface area contributed by atoms with Gasteiger partial charge in [-0.05, 0) is 42.3 Å². The van der Waals surface area contributed by atoms with Crippen molar-refractivity contribution in [3.63, 3.8) is 0 Å². The molecule has 2 aromatic carbocycles. The average molecular weight is 444 g/mol. The molecule has 2 rings (SSSR count). The van der Waals surface area contributed by atoms with Crippen LogP contribution in [0.4, 0.5) is 18.9 Å². The molecule has 0 spiro atoms. The predicted molar refractivity (Wildman–Crippen MR) is 108 cm³/mol. The van der Waals surface area contributed by atoms with Crippen LogP contribution in [0.5, 0.6) is 5.75 Å². The van der Waals surface area contributed by atoms with Crippen LogP contribution in [0.25, 0.3) is 0 Å². The molecule has 1 N–H and O–H groups in total. The number of hydrogen-bond donors (Lipinski definition) is 1. The van der Waals surface area contributed by atoms with Gasteiger partial charge in [-0.15, -0.1) is 0 Å². The van der Waals surface area contributed by atoms with Crippen molar-refractivity contribution in [3.8, 4) is 5.75 Å². The second-order valence-corrected chi connectivity index (χ2v) is 8.53. The average Bonchev–Trinajstić information content (AvgIpc) is 2.69. The first-order chi connectivity index (χ1) is 14.0. The minimum absolute atomic E-state index is 0.236. The molecule has 0 radical (unpaired) electrons. The number of alkyl halides is 3. The molecule has 30 heavy (non-hydrogen) atoms. The summed E-state index contributed by atoms with van der Waals surface area (Å²) in [5, 5.41) is 2.73. The number of hydrogen-bond acceptors (Lipinski definition) is 4. The molecule has 0 unspecified atom stereocenters. The Morgan fingerprint density at radius 3 is 2.30 bits per heavy atom. The molecule has 164 valence electrons. The van der Waals surface area contributed by atoms with Crippen LogP contribution >= 0.6 is 0 Å². The van der Waals surface area contributed by atoms with Crippen molar-refractivity contribution in [2.75, 3.05) is 24.2 Å². The molecule has 0 aromatic heterocycles. The van der Waals surface area contributed by atoms with Crippen molar-refractivity contribution in [2.24, 2.45) is 0 Å². The predicted octanol–water partition coefficient (Wildman–Crippen LogP) is 3.75. The summed E-state index contributed by atoms with van der Waals surface area (Å²) in [7, 11) is -2.47. The number of rotatable bonds is 8. The largest absolute Gasteiger partial charge is 0.497 e. The summed E-state index contributed by atoms with van der Waals surface area (Å²) in [5.74, 6) is 0.00762. The number of benzene rings is 2. The first-order valence-corrected chi connectivity index (χ1v) is 10.9. The van der Waals surface area contributed by atoms with Gasteiger partial charge >= 0.3 is 6.18 Å². The van der Waals surface area contributed by atoms with Crippen LogP contribution in [0.3, 0.4) is 0 Å². The van der Waals surface area contributed by atoms with Crippen molar-refractivity contribution < 1.29 is 31.1 Å². The van der Waals surface area contributed by atoms with Gasteiger partial charge in [-0.2, -0.15) is 13.2 Å². The standard InChI is InChI=1S/C20H23F3N2O4S/c1-4-18(14-8-10-17(29-2)11-9-14)24-19(26)13-25(30(3,27)28)16-7-5-6-15(12-16)20(21,22)23/h5-12,18H,4,13H2,1-3H3,(H,24,26)/t18-/m0/s1. The molecule has 1 amide bonds. The highest BCUT2D eigenvalue weighted by molar-refractivity contribution is 7.92. The molecule has 0 bridgehead atoms. The summed E-state index contributed by atoms with van der Waals surface area (Å²) in [6, 6.07) is 10.5. The Labute approximate surface area is 173 Å². The molecule has 0 saturated carbocycles. The lowest BCUT2D eigenvalue weighted by Gasteiger charge is -2.24. The first kappa shape index (κ1) is 23.5. The normalized spacial score (nSPS) is 12.9. The van der Waals surface area contributed by atoms with Gasteiger partial charge in [0.05, 0.1) is 30.7 Å². The molecule has 6 nitrogen and oxygen atoms in total. The topological polar surface area (TPSA) is 75.7 Å². The number of halogens is 3. The van der Waals surface area contributed by atoms with Gasteiger partial charge in [-0.3, -0.25) is 9.10 Å². The molecule has 10 heteroatoms. The third-order valence-corrected chi connectivity index (χ3v) is 5.55. The molecule has 1 atom stereocenters. The molecule has 0 saturated heterocycles. The lowest BCUT2D eigenvalue weighted by Crippen LogP contribution is -2.41. The Morgan fingerprint density at radius 1 is 1.17 bits per heavy atom. The Balaban J connectivity index is 2.23. The van der Waals surface area contributed by atoms with Gasteiger partial charge in [0.1, 0.15) is 12.3 Å². The van der Waals surface area contributed by atoms with E-state index in [0.29, 0.717) is 22.5 Å². The number of sulfonamides is 1. The second kappa shape index (κ2) is 9.38. The fourth-order valence-corrected chi connectivity index (χ4v) is 3.71. The number of anilines is 1. The lowest BCUT2D eigenvalue weighted by atomic mass is 10.0. The molecule has 0 aliphatic heterocycles. The van der Waals surface area contributed by atoms with Gasteiger partial charge in [0.2, 0.25) is 15.9 Å². The fraction of sp³-hybridized carbons (Fsp3) is 0.350. The number of carbonyl (C=O) groups is 1. The van der Waals surface area contributed by atoms with Crippen LogP contribution in [0.2, 0.25) is 0 Å². The summed E-state index contributed by atoms with van der Waals surface area (Å²) in [6.45, 7) is 1.20. The lowest BCUT2D eigenvalue weighted by molar-refractivity contribution is -0.137. The molecule has 0 heterocycles. The Bertz CT molecular complexity index is 976. The van der Waals surface area contributed by atoms with Gasteiger partial charge in [0.15, 0.2) is 0 Å². The van der Waals surface area contributed by atoms with Gasteiger partial charge in [-0.1, -0.05) is 25.1 Å². The van der Waals surface area contributed by atoms with E-state index in [1.807, 2.05) is 6.92 Å². The second-order valence-electron chi connectivity index (χ2n) is 6.62. The summed E-state index contributed by atoms with van der Waals surface area (Å²) in [6.07, 6.45) is -3.27. The summed E-state index contributed by atoms with van der Waals surface area (Å²) < 4.78 is 69.1. The van der Waals surface area contributed by atoms with Crippen molar-refractivity contribution >= 4 is 21.6 Å². The van der Waals surface area contributed by atoms with Crippen LogP contribution in [-0.2, 0) is 21.0 Å². The third kappa shape index (κ3) is 6.12. The summed E-state index contributed by atoms with van der Waals surface area (Å²) in [5.41, 5.74) is -0.449. The number of methoxy groups -OCH3 is 1. The zero-order valence-electron chi connectivity index (χ0n) is 16.7. The quantitative estimate of drug-likeness (QED) is 0.673. The maximum atomic E-state index is 13.0. The number of carbonyl (C=O) groups excluding carboxylic acids is 1. The minimum Gasteiger partial charge on any atom is -0.497 e. The van der Waals surface area contributed by atoms with Crippen LogP contribution in [0, 0.1) is 0 Å². The monoisotopic (exact) mass is 444 g/mol. The zero-order valence-corrected chi connectivity index (χ0v) is 17.5. The number of nitrogens with zero attached hydrogens (tertiary/aromatic N) is 1. The molecule has 0 aliphatic rings. The summed E-state index contributed by atoms with van der Waals surface area (Å²) in [4.78, 5) is 12.6. The maximum Gasteiger partial charge on any atom is 0.416 e. The Morgan fingerprint density at radius 2 is 1.80 bits per heavy atom. The van der Waals surface area contributed by atoms with Crippen LogP contribution in [0.15, 0.2) is 48.5 Å². The van der Waals surface area contributed by atoms with E-state index >= 15 is 0 Å². The SMILES string of the molecule is CC[C@H](NC(=O)CN(c1cccc(C(F)(F)F)c1)S(C)(=O)=O)c1ccc(OC)cc1. The van der Waals surface area contributed by atoms with E-state index in [4.69, 9.17) is 4.74 Å². The van der Waals surface area contributed by atoms with Crippen molar-refractivity contribution in [1.82, 2.24) is 5.32 Å². The third-order valence-electron chi connectivity index (χ3n) is 4.41. The molecular weight excluding hydrogens is 421 g/mol. The van der Waals surface area contributed by atoms with Crippen molar-refractivity contribution in [2.45, 2.75) is 25.6 Å². The Hall–Kier alpha value is -2.75. The highest BCUT2D eigenvalue weighted by atomic mass is 32.2. The molecule has 2 aromatic rings. The highest BCUT2D eigenvalue weighted by Crippen LogP contribution is 2.32. The van der Waals surface area contributed by atoms with Crippen LogP contribution in [0.1, 0.15) is 30.5 Å².